The molecule has 1 rings (SSSR count). The van der Waals surface area contributed by atoms with Gasteiger partial charge in [0.25, 0.3) is 0 Å². The van der Waals surface area contributed by atoms with Crippen molar-refractivity contribution >= 4 is 5.97 Å². The van der Waals surface area contributed by atoms with Crippen LogP contribution in [0.1, 0.15) is 44.6 Å². The largest absolute Gasteiger partial charge is 0.466 e. The molecule has 16 heavy (non-hydrogen) atoms. The van der Waals surface area contributed by atoms with Crippen LogP contribution in [-0.4, -0.2) is 17.6 Å². The van der Waals surface area contributed by atoms with E-state index in [-0.39, 0.29) is 11.9 Å². The number of nitrogens with zero attached hydrogens (tertiary/aromatic N) is 1. The Morgan fingerprint density at radius 1 is 1.50 bits per heavy atom. The van der Waals surface area contributed by atoms with Crippen LogP contribution in [0.15, 0.2) is 24.5 Å². The highest BCUT2D eigenvalue weighted by Crippen LogP contribution is 2.22. The number of hydrogen-bond acceptors (Lipinski definition) is 3. The van der Waals surface area contributed by atoms with Gasteiger partial charge < -0.3 is 4.74 Å². The van der Waals surface area contributed by atoms with Gasteiger partial charge in [-0.15, -0.1) is 0 Å². The first-order valence-electron chi connectivity index (χ1n) is 5.86. The predicted octanol–water partition coefficient (Wildman–Crippen LogP) is 2.92. The van der Waals surface area contributed by atoms with Crippen molar-refractivity contribution in [3.63, 3.8) is 0 Å². The lowest BCUT2D eigenvalue weighted by Gasteiger charge is -2.14. The molecule has 0 N–H and O–H groups in total. The van der Waals surface area contributed by atoms with Gasteiger partial charge in [-0.1, -0.05) is 25.8 Å². The Hall–Kier alpha value is -1.38. The molecule has 3 heteroatoms. The molecule has 0 saturated carbocycles. The first kappa shape index (κ1) is 12.7. The molecule has 1 unspecified atom stereocenters. The van der Waals surface area contributed by atoms with E-state index >= 15 is 0 Å². The fraction of sp³-hybridized carbons (Fsp3) is 0.538. The number of hydrogen-bond donors (Lipinski definition) is 0. The Kier molecular flexibility index (Phi) is 5.54. The highest BCUT2D eigenvalue weighted by molar-refractivity contribution is 5.77. The monoisotopic (exact) mass is 221 g/mol. The maximum atomic E-state index is 11.8. The van der Waals surface area contributed by atoms with Gasteiger partial charge in [0.05, 0.1) is 12.5 Å². The highest BCUT2D eigenvalue weighted by Gasteiger charge is 2.21. The summed E-state index contributed by atoms with van der Waals surface area (Å²) in [6.45, 7) is 4.38. The first-order chi connectivity index (χ1) is 7.79. The molecule has 1 atom stereocenters. The van der Waals surface area contributed by atoms with Crippen LogP contribution in [0.25, 0.3) is 0 Å². The molecule has 3 nitrogen and oxygen atoms in total. The van der Waals surface area contributed by atoms with Gasteiger partial charge in [0, 0.05) is 12.4 Å². The van der Waals surface area contributed by atoms with Crippen LogP contribution < -0.4 is 0 Å². The van der Waals surface area contributed by atoms with Crippen LogP contribution >= 0.6 is 0 Å². The van der Waals surface area contributed by atoms with E-state index in [1.54, 1.807) is 12.4 Å². The van der Waals surface area contributed by atoms with Crippen molar-refractivity contribution in [3.05, 3.63) is 30.1 Å². The average Bonchev–Trinajstić information content (AvgIpc) is 2.31. The van der Waals surface area contributed by atoms with Gasteiger partial charge in [0.1, 0.15) is 0 Å². The molecule has 0 fully saturated rings. The molecular formula is C13H19NO2. The summed E-state index contributed by atoms with van der Waals surface area (Å²) >= 11 is 0. The van der Waals surface area contributed by atoms with Crippen molar-refractivity contribution in [1.29, 1.82) is 0 Å². The van der Waals surface area contributed by atoms with Gasteiger partial charge in [0.2, 0.25) is 0 Å². The third-order valence-corrected chi connectivity index (χ3v) is 2.50. The number of unbranched alkanes of at least 4 members (excludes halogenated alkanes) is 1. The number of rotatable bonds is 6. The normalized spacial score (nSPS) is 12.1. The Labute approximate surface area is 96.8 Å². The fourth-order valence-corrected chi connectivity index (χ4v) is 1.65. The van der Waals surface area contributed by atoms with Crippen molar-refractivity contribution in [2.75, 3.05) is 6.61 Å². The molecule has 0 bridgehead atoms. The lowest BCUT2D eigenvalue weighted by atomic mass is 9.95. The smallest absolute Gasteiger partial charge is 0.313 e. The zero-order chi connectivity index (χ0) is 11.8. The molecule has 1 heterocycles. The Morgan fingerprint density at radius 2 is 2.31 bits per heavy atom. The fourth-order valence-electron chi connectivity index (χ4n) is 1.65. The molecule has 0 spiro atoms. The summed E-state index contributed by atoms with van der Waals surface area (Å²) in [5.41, 5.74) is 0.953. The minimum absolute atomic E-state index is 0.135. The van der Waals surface area contributed by atoms with Gasteiger partial charge in [-0.3, -0.25) is 9.78 Å². The minimum atomic E-state index is -0.159. The van der Waals surface area contributed by atoms with E-state index in [0.717, 1.165) is 24.8 Å². The van der Waals surface area contributed by atoms with Crippen LogP contribution in [0.5, 0.6) is 0 Å². The van der Waals surface area contributed by atoms with Crippen LogP contribution in [0.4, 0.5) is 0 Å². The van der Waals surface area contributed by atoms with E-state index in [4.69, 9.17) is 4.74 Å². The molecule has 1 aromatic rings. The second-order valence-electron chi connectivity index (χ2n) is 3.73. The molecular weight excluding hydrogens is 202 g/mol. The zero-order valence-corrected chi connectivity index (χ0v) is 9.98. The number of aromatic nitrogens is 1. The van der Waals surface area contributed by atoms with Gasteiger partial charge in [-0.2, -0.15) is 0 Å². The zero-order valence-electron chi connectivity index (χ0n) is 9.98. The summed E-state index contributed by atoms with van der Waals surface area (Å²) in [7, 11) is 0. The maximum Gasteiger partial charge on any atom is 0.313 e. The number of ether oxygens (including phenoxy) is 1. The summed E-state index contributed by atoms with van der Waals surface area (Å²) < 4.78 is 5.09. The van der Waals surface area contributed by atoms with Gasteiger partial charge in [0.15, 0.2) is 0 Å². The number of esters is 1. The molecule has 0 aliphatic heterocycles. The quantitative estimate of drug-likeness (QED) is 0.693. The standard InChI is InChI=1S/C13H19NO2/c1-3-5-8-12(13(15)16-4-2)11-7-6-9-14-10-11/h6-7,9-10,12H,3-5,8H2,1-2H3. The van der Waals surface area contributed by atoms with E-state index in [0.29, 0.717) is 6.61 Å². The number of carbonyl (C=O) groups excluding carboxylic acids is 1. The van der Waals surface area contributed by atoms with Crippen molar-refractivity contribution in [2.24, 2.45) is 0 Å². The Balaban J connectivity index is 2.74. The SMILES string of the molecule is CCCCC(C(=O)OCC)c1cccnc1. The summed E-state index contributed by atoms with van der Waals surface area (Å²) in [5.74, 6) is -0.294. The van der Waals surface area contributed by atoms with Gasteiger partial charge in [-0.05, 0) is 25.0 Å². The van der Waals surface area contributed by atoms with E-state index < -0.39 is 0 Å². The van der Waals surface area contributed by atoms with Crippen molar-refractivity contribution in [3.8, 4) is 0 Å². The molecule has 0 aromatic carbocycles. The van der Waals surface area contributed by atoms with E-state index in [1.165, 1.54) is 0 Å². The highest BCUT2D eigenvalue weighted by atomic mass is 16.5. The Bertz CT molecular complexity index is 311. The first-order valence-corrected chi connectivity index (χ1v) is 5.86. The molecule has 0 aliphatic carbocycles. The molecule has 0 radical (unpaired) electrons. The van der Waals surface area contributed by atoms with Crippen LogP contribution in [-0.2, 0) is 9.53 Å². The lowest BCUT2D eigenvalue weighted by molar-refractivity contribution is -0.145. The third kappa shape index (κ3) is 3.65. The molecule has 88 valence electrons. The molecule has 0 saturated heterocycles. The van der Waals surface area contributed by atoms with Crippen molar-refractivity contribution in [2.45, 2.75) is 39.0 Å². The predicted molar refractivity (Wildman–Crippen MR) is 63.1 cm³/mol. The topological polar surface area (TPSA) is 39.2 Å². The van der Waals surface area contributed by atoms with E-state index in [2.05, 4.69) is 11.9 Å². The maximum absolute atomic E-state index is 11.8. The second kappa shape index (κ2) is 6.99. The second-order valence-corrected chi connectivity index (χ2v) is 3.73. The van der Waals surface area contributed by atoms with Gasteiger partial charge >= 0.3 is 5.97 Å². The molecule has 0 amide bonds. The average molecular weight is 221 g/mol. The summed E-state index contributed by atoms with van der Waals surface area (Å²) in [6.07, 6.45) is 6.40. The van der Waals surface area contributed by atoms with Crippen LogP contribution in [0.2, 0.25) is 0 Å². The molecule has 1 aromatic heterocycles. The van der Waals surface area contributed by atoms with Gasteiger partial charge in [-0.25, -0.2) is 0 Å². The van der Waals surface area contributed by atoms with Crippen LogP contribution in [0, 0.1) is 0 Å². The lowest BCUT2D eigenvalue weighted by Crippen LogP contribution is -2.16. The number of pyridine rings is 1. The van der Waals surface area contributed by atoms with Crippen molar-refractivity contribution < 1.29 is 9.53 Å². The Morgan fingerprint density at radius 3 is 2.88 bits per heavy atom. The number of carbonyl (C=O) groups is 1. The minimum Gasteiger partial charge on any atom is -0.466 e. The van der Waals surface area contributed by atoms with Crippen molar-refractivity contribution in [1.82, 2.24) is 4.98 Å². The van der Waals surface area contributed by atoms with E-state index in [1.807, 2.05) is 19.1 Å². The van der Waals surface area contributed by atoms with E-state index in [9.17, 15) is 4.79 Å². The molecule has 0 aliphatic rings. The van der Waals surface area contributed by atoms with Crippen LogP contribution in [0.3, 0.4) is 0 Å². The third-order valence-electron chi connectivity index (χ3n) is 2.50. The summed E-state index contributed by atoms with van der Waals surface area (Å²) in [5, 5.41) is 0. The summed E-state index contributed by atoms with van der Waals surface area (Å²) in [6, 6.07) is 3.79. The summed E-state index contributed by atoms with van der Waals surface area (Å²) in [4.78, 5) is 15.8.